The summed E-state index contributed by atoms with van der Waals surface area (Å²) >= 11 is 0. The van der Waals surface area contributed by atoms with Gasteiger partial charge in [-0.2, -0.15) is 0 Å². The molecule has 0 aromatic rings. The first-order valence-electron chi connectivity index (χ1n) is 6.71. The molecule has 18 heavy (non-hydrogen) atoms. The molecular formula is C14H26N2O2. The highest BCUT2D eigenvalue weighted by Gasteiger charge is 2.28. The maximum atomic E-state index is 12.1. The largest absolute Gasteiger partial charge is 0.393 e. The average molecular weight is 254 g/mol. The zero-order valence-corrected chi connectivity index (χ0v) is 11.9. The molecular weight excluding hydrogens is 228 g/mol. The molecule has 0 aromatic carbocycles. The summed E-state index contributed by atoms with van der Waals surface area (Å²) in [6, 6.07) is 0. The summed E-state index contributed by atoms with van der Waals surface area (Å²) in [7, 11) is 1.97. The van der Waals surface area contributed by atoms with Crippen LogP contribution in [-0.2, 0) is 4.79 Å². The molecule has 1 fully saturated rings. The van der Waals surface area contributed by atoms with Gasteiger partial charge in [0.2, 0.25) is 5.91 Å². The average Bonchev–Trinajstić information content (AvgIpc) is 2.23. The Hall–Kier alpha value is -0.870. The SMILES string of the molecule is C=C(C)CN(CC)C(=O)CN(C)CC1CC(O)C1. The van der Waals surface area contributed by atoms with Gasteiger partial charge in [0, 0.05) is 19.6 Å². The molecule has 1 rings (SSSR count). The Morgan fingerprint density at radius 3 is 2.44 bits per heavy atom. The van der Waals surface area contributed by atoms with E-state index < -0.39 is 0 Å². The molecule has 1 saturated carbocycles. The molecule has 1 aliphatic rings. The third-order valence-corrected chi connectivity index (χ3v) is 3.38. The van der Waals surface area contributed by atoms with Gasteiger partial charge in [-0.1, -0.05) is 12.2 Å². The normalized spacial score (nSPS) is 22.7. The Morgan fingerprint density at radius 2 is 2.00 bits per heavy atom. The lowest BCUT2D eigenvalue weighted by atomic mass is 9.82. The number of likely N-dealkylation sites (N-methyl/N-ethyl adjacent to an activating group) is 2. The minimum absolute atomic E-state index is 0.116. The maximum absolute atomic E-state index is 12.1. The standard InChI is InChI=1S/C14H26N2O2/c1-5-16(8-11(2)3)14(18)10-15(4)9-12-6-13(17)7-12/h12-13,17H,2,5-10H2,1,3-4H3. The van der Waals surface area contributed by atoms with E-state index in [0.717, 1.165) is 31.5 Å². The van der Waals surface area contributed by atoms with Crippen LogP contribution in [0, 0.1) is 5.92 Å². The van der Waals surface area contributed by atoms with Crippen molar-refractivity contribution in [3.8, 4) is 0 Å². The quantitative estimate of drug-likeness (QED) is 0.692. The summed E-state index contributed by atoms with van der Waals surface area (Å²) in [6.45, 7) is 10.5. The van der Waals surface area contributed by atoms with Crippen LogP contribution in [0.1, 0.15) is 26.7 Å². The first-order valence-corrected chi connectivity index (χ1v) is 6.71. The highest BCUT2D eigenvalue weighted by molar-refractivity contribution is 5.78. The summed E-state index contributed by atoms with van der Waals surface area (Å²) < 4.78 is 0. The monoisotopic (exact) mass is 254 g/mol. The Labute approximate surface area is 110 Å². The third-order valence-electron chi connectivity index (χ3n) is 3.38. The van der Waals surface area contributed by atoms with Gasteiger partial charge < -0.3 is 10.0 Å². The molecule has 0 atom stereocenters. The topological polar surface area (TPSA) is 43.8 Å². The van der Waals surface area contributed by atoms with Crippen LogP contribution in [0.25, 0.3) is 0 Å². The predicted molar refractivity (Wildman–Crippen MR) is 73.3 cm³/mol. The van der Waals surface area contributed by atoms with Crippen molar-refractivity contribution < 1.29 is 9.90 Å². The summed E-state index contributed by atoms with van der Waals surface area (Å²) in [5.41, 5.74) is 1.01. The molecule has 0 heterocycles. The van der Waals surface area contributed by atoms with E-state index >= 15 is 0 Å². The first kappa shape index (κ1) is 15.2. The van der Waals surface area contributed by atoms with Gasteiger partial charge in [-0.25, -0.2) is 0 Å². The van der Waals surface area contributed by atoms with Crippen LogP contribution in [-0.4, -0.2) is 60.1 Å². The number of aliphatic hydroxyl groups excluding tert-OH is 1. The van der Waals surface area contributed by atoms with E-state index in [4.69, 9.17) is 0 Å². The summed E-state index contributed by atoms with van der Waals surface area (Å²) in [5.74, 6) is 0.705. The molecule has 4 nitrogen and oxygen atoms in total. The Bertz CT molecular complexity index is 298. The fourth-order valence-electron chi connectivity index (χ4n) is 2.39. The van der Waals surface area contributed by atoms with Crippen molar-refractivity contribution in [2.75, 3.05) is 33.2 Å². The molecule has 0 saturated heterocycles. The lowest BCUT2D eigenvalue weighted by molar-refractivity contribution is -0.131. The number of nitrogens with zero attached hydrogens (tertiary/aromatic N) is 2. The molecule has 0 spiro atoms. The van der Waals surface area contributed by atoms with Crippen molar-refractivity contribution >= 4 is 5.91 Å². The van der Waals surface area contributed by atoms with Crippen molar-refractivity contribution in [1.29, 1.82) is 0 Å². The van der Waals surface area contributed by atoms with Gasteiger partial charge in [0.25, 0.3) is 0 Å². The zero-order valence-electron chi connectivity index (χ0n) is 11.9. The van der Waals surface area contributed by atoms with E-state index in [-0.39, 0.29) is 12.0 Å². The summed E-state index contributed by atoms with van der Waals surface area (Å²) in [6.07, 6.45) is 1.64. The van der Waals surface area contributed by atoms with Crippen molar-refractivity contribution in [2.24, 2.45) is 5.92 Å². The summed E-state index contributed by atoms with van der Waals surface area (Å²) in [5, 5.41) is 9.24. The lowest BCUT2D eigenvalue weighted by Crippen LogP contribution is -2.43. The van der Waals surface area contributed by atoms with Gasteiger partial charge in [0.1, 0.15) is 0 Å². The molecule has 1 N–H and O–H groups in total. The van der Waals surface area contributed by atoms with Crippen molar-refractivity contribution in [3.05, 3.63) is 12.2 Å². The second kappa shape index (κ2) is 6.90. The van der Waals surface area contributed by atoms with Crippen LogP contribution in [0.4, 0.5) is 0 Å². The maximum Gasteiger partial charge on any atom is 0.237 e. The first-order chi connectivity index (χ1) is 8.42. The fraction of sp³-hybridized carbons (Fsp3) is 0.786. The smallest absolute Gasteiger partial charge is 0.237 e. The molecule has 4 heteroatoms. The van der Waals surface area contributed by atoms with Gasteiger partial charge in [0.15, 0.2) is 0 Å². The minimum atomic E-state index is -0.116. The molecule has 0 unspecified atom stereocenters. The number of carbonyl (C=O) groups excluding carboxylic acids is 1. The van der Waals surface area contributed by atoms with Gasteiger partial charge in [-0.3, -0.25) is 9.69 Å². The highest BCUT2D eigenvalue weighted by Crippen LogP contribution is 2.27. The Kier molecular flexibility index (Phi) is 5.82. The van der Waals surface area contributed by atoms with Gasteiger partial charge in [-0.15, -0.1) is 0 Å². The van der Waals surface area contributed by atoms with Crippen LogP contribution in [0.5, 0.6) is 0 Å². The van der Waals surface area contributed by atoms with E-state index in [0.29, 0.717) is 19.0 Å². The predicted octanol–water partition coefficient (Wildman–Crippen LogP) is 1.11. The van der Waals surface area contributed by atoms with E-state index in [1.54, 1.807) is 0 Å². The van der Waals surface area contributed by atoms with Crippen molar-refractivity contribution in [2.45, 2.75) is 32.8 Å². The zero-order chi connectivity index (χ0) is 13.7. The summed E-state index contributed by atoms with van der Waals surface area (Å²) in [4.78, 5) is 15.9. The number of carbonyl (C=O) groups is 1. The Balaban J connectivity index is 2.30. The van der Waals surface area contributed by atoms with Crippen LogP contribution in [0.3, 0.4) is 0 Å². The van der Waals surface area contributed by atoms with Crippen LogP contribution >= 0.6 is 0 Å². The van der Waals surface area contributed by atoms with E-state index in [2.05, 4.69) is 11.5 Å². The van der Waals surface area contributed by atoms with Crippen molar-refractivity contribution in [1.82, 2.24) is 9.80 Å². The van der Waals surface area contributed by atoms with Gasteiger partial charge >= 0.3 is 0 Å². The van der Waals surface area contributed by atoms with Gasteiger partial charge in [-0.05, 0) is 39.7 Å². The molecule has 0 aliphatic heterocycles. The van der Waals surface area contributed by atoms with Gasteiger partial charge in [0.05, 0.1) is 12.6 Å². The van der Waals surface area contributed by atoms with Crippen LogP contribution in [0.15, 0.2) is 12.2 Å². The number of aliphatic hydroxyl groups is 1. The van der Waals surface area contributed by atoms with Crippen LogP contribution < -0.4 is 0 Å². The third kappa shape index (κ3) is 4.78. The van der Waals surface area contributed by atoms with E-state index in [9.17, 15) is 9.90 Å². The Morgan fingerprint density at radius 1 is 1.39 bits per heavy atom. The molecule has 0 bridgehead atoms. The molecule has 104 valence electrons. The molecule has 0 radical (unpaired) electrons. The number of hydrogen-bond donors (Lipinski definition) is 1. The second-order valence-electron chi connectivity index (χ2n) is 5.55. The lowest BCUT2D eigenvalue weighted by Gasteiger charge is -2.34. The van der Waals surface area contributed by atoms with E-state index in [1.807, 2.05) is 25.8 Å². The minimum Gasteiger partial charge on any atom is -0.393 e. The fourth-order valence-corrected chi connectivity index (χ4v) is 2.39. The molecule has 0 aromatic heterocycles. The van der Waals surface area contributed by atoms with E-state index in [1.165, 1.54) is 0 Å². The van der Waals surface area contributed by atoms with Crippen molar-refractivity contribution in [3.63, 3.8) is 0 Å². The van der Waals surface area contributed by atoms with Crippen LogP contribution in [0.2, 0.25) is 0 Å². The highest BCUT2D eigenvalue weighted by atomic mass is 16.3. The second-order valence-corrected chi connectivity index (χ2v) is 5.55. The number of amides is 1. The number of hydrogen-bond acceptors (Lipinski definition) is 3. The molecule has 1 amide bonds. The number of rotatable bonds is 7. The molecule has 1 aliphatic carbocycles.